The Kier molecular flexibility index (Phi) is 6.36. The summed E-state index contributed by atoms with van der Waals surface area (Å²) in [6, 6.07) is 16.0. The van der Waals surface area contributed by atoms with Gasteiger partial charge in [-0.15, -0.1) is 0 Å². The van der Waals surface area contributed by atoms with E-state index in [2.05, 4.69) is 17.4 Å². The highest BCUT2D eigenvalue weighted by atomic mass is 16.5. The number of aryl methyl sites for hydroxylation is 2. The minimum absolute atomic E-state index is 0.0335. The lowest BCUT2D eigenvalue weighted by molar-refractivity contribution is -0.134. The molecule has 0 unspecified atom stereocenters. The van der Waals surface area contributed by atoms with E-state index in [-0.39, 0.29) is 23.7 Å². The van der Waals surface area contributed by atoms with E-state index in [0.29, 0.717) is 19.4 Å². The Balaban J connectivity index is 1.39. The maximum atomic E-state index is 12.8. The average Bonchev–Trinajstić information content (AvgIpc) is 2.75. The van der Waals surface area contributed by atoms with E-state index in [9.17, 15) is 9.59 Å². The summed E-state index contributed by atoms with van der Waals surface area (Å²) in [5, 5.41) is 3.03. The number of piperidine rings is 1. The number of hydrogen-bond donors (Lipinski definition) is 1. The molecule has 1 fully saturated rings. The number of nitrogens with zero attached hydrogens (tertiary/aromatic N) is 1. The summed E-state index contributed by atoms with van der Waals surface area (Å²) in [6.45, 7) is 4.05. The van der Waals surface area contributed by atoms with Crippen molar-refractivity contribution in [3.63, 3.8) is 0 Å². The van der Waals surface area contributed by atoms with Crippen molar-refractivity contribution in [2.75, 3.05) is 25.0 Å². The smallest absolute Gasteiger partial charge is 0.224 e. The molecule has 2 aliphatic heterocycles. The highest BCUT2D eigenvalue weighted by molar-refractivity contribution is 5.92. The highest BCUT2D eigenvalue weighted by Crippen LogP contribution is 2.33. The number of rotatable bonds is 3. The van der Waals surface area contributed by atoms with Gasteiger partial charge in [-0.25, -0.2) is 0 Å². The lowest BCUT2D eigenvalue weighted by Crippen LogP contribution is -2.45. The minimum Gasteiger partial charge on any atom is -0.491 e. The van der Waals surface area contributed by atoms with Gasteiger partial charge in [0.05, 0.1) is 12.3 Å². The number of benzene rings is 2. The molecule has 30 heavy (non-hydrogen) atoms. The molecule has 0 spiro atoms. The van der Waals surface area contributed by atoms with Crippen molar-refractivity contribution >= 4 is 17.5 Å². The first-order valence-electron chi connectivity index (χ1n) is 10.9. The van der Waals surface area contributed by atoms with Gasteiger partial charge in [-0.3, -0.25) is 9.59 Å². The maximum Gasteiger partial charge on any atom is 0.224 e. The van der Waals surface area contributed by atoms with Gasteiger partial charge in [-0.1, -0.05) is 36.4 Å². The third-order valence-corrected chi connectivity index (χ3v) is 6.32. The van der Waals surface area contributed by atoms with E-state index in [0.717, 1.165) is 49.4 Å². The quantitative estimate of drug-likeness (QED) is 0.831. The average molecular weight is 407 g/mol. The van der Waals surface area contributed by atoms with Crippen molar-refractivity contribution < 1.29 is 14.3 Å². The van der Waals surface area contributed by atoms with Gasteiger partial charge in [-0.05, 0) is 61.3 Å². The molecular weight excluding hydrogens is 376 g/mol. The van der Waals surface area contributed by atoms with Crippen LogP contribution in [0.5, 0.6) is 5.75 Å². The van der Waals surface area contributed by atoms with Gasteiger partial charge in [0.1, 0.15) is 5.75 Å². The molecule has 4 rings (SSSR count). The molecule has 5 nitrogen and oxygen atoms in total. The standard InChI is InChI=1S/C25H30N2O3/c1-18-7-9-23-22(15-18)26-24(28)16-20-11-13-27(17-21(20)12-14-30-23)25(29)10-8-19-5-3-2-4-6-19/h2-7,9,15,20-21H,8,10-14,16-17H2,1H3,(H,26,28)/t20-,21-/m0/s1. The second-order valence-electron chi connectivity index (χ2n) is 8.52. The number of amides is 2. The van der Waals surface area contributed by atoms with Gasteiger partial charge in [0.25, 0.3) is 0 Å². The van der Waals surface area contributed by atoms with Crippen LogP contribution in [0, 0.1) is 18.8 Å². The first kappa shape index (κ1) is 20.5. The molecule has 0 aliphatic carbocycles. The van der Waals surface area contributed by atoms with Crippen LogP contribution in [0.25, 0.3) is 0 Å². The molecule has 1 N–H and O–H groups in total. The number of carbonyl (C=O) groups excluding carboxylic acids is 2. The molecule has 5 heteroatoms. The van der Waals surface area contributed by atoms with E-state index in [4.69, 9.17) is 4.74 Å². The Morgan fingerprint density at radius 2 is 1.97 bits per heavy atom. The summed E-state index contributed by atoms with van der Waals surface area (Å²) in [5.74, 6) is 1.54. The molecule has 2 aliphatic rings. The van der Waals surface area contributed by atoms with Gasteiger partial charge in [0.2, 0.25) is 11.8 Å². The summed E-state index contributed by atoms with van der Waals surface area (Å²) in [6.07, 6.45) is 3.53. The molecule has 2 aromatic rings. The fourth-order valence-electron chi connectivity index (χ4n) is 4.58. The zero-order valence-electron chi connectivity index (χ0n) is 17.6. The van der Waals surface area contributed by atoms with E-state index < -0.39 is 0 Å². The van der Waals surface area contributed by atoms with Gasteiger partial charge in [0.15, 0.2) is 0 Å². The molecule has 2 atom stereocenters. The highest BCUT2D eigenvalue weighted by Gasteiger charge is 2.33. The summed E-state index contributed by atoms with van der Waals surface area (Å²) in [5.41, 5.74) is 3.04. The predicted molar refractivity (Wildman–Crippen MR) is 117 cm³/mol. The number of fused-ring (bicyclic) bond motifs is 2. The summed E-state index contributed by atoms with van der Waals surface area (Å²) < 4.78 is 6.00. The Morgan fingerprint density at radius 3 is 2.80 bits per heavy atom. The SMILES string of the molecule is Cc1ccc2c(c1)NC(=O)C[C@@H]1CCN(C(=O)CCc3ccccc3)C[C@@H]1CCO2. The zero-order chi connectivity index (χ0) is 20.9. The van der Waals surface area contributed by atoms with Gasteiger partial charge in [-0.2, -0.15) is 0 Å². The van der Waals surface area contributed by atoms with E-state index in [1.165, 1.54) is 5.56 Å². The lowest BCUT2D eigenvalue weighted by Gasteiger charge is -2.39. The minimum atomic E-state index is 0.0335. The Bertz CT molecular complexity index is 897. The van der Waals surface area contributed by atoms with Crippen LogP contribution in [0.1, 0.15) is 36.8 Å². The molecule has 1 saturated heterocycles. The van der Waals surface area contributed by atoms with Crippen LogP contribution in [0.3, 0.4) is 0 Å². The van der Waals surface area contributed by atoms with Gasteiger partial charge < -0.3 is 15.0 Å². The summed E-state index contributed by atoms with van der Waals surface area (Å²) in [4.78, 5) is 27.4. The largest absolute Gasteiger partial charge is 0.491 e. The van der Waals surface area contributed by atoms with Crippen molar-refractivity contribution in [2.24, 2.45) is 11.8 Å². The molecule has 0 bridgehead atoms. The van der Waals surface area contributed by atoms with Crippen LogP contribution in [0.4, 0.5) is 5.69 Å². The fourth-order valence-corrected chi connectivity index (χ4v) is 4.58. The van der Waals surface area contributed by atoms with Crippen LogP contribution in [-0.2, 0) is 16.0 Å². The molecule has 2 amide bonds. The summed E-state index contributed by atoms with van der Waals surface area (Å²) in [7, 11) is 0. The van der Waals surface area contributed by atoms with Crippen LogP contribution in [0.15, 0.2) is 48.5 Å². The fraction of sp³-hybridized carbons (Fsp3) is 0.440. The van der Waals surface area contributed by atoms with Crippen molar-refractivity contribution in [1.29, 1.82) is 0 Å². The Hall–Kier alpha value is -2.82. The van der Waals surface area contributed by atoms with Crippen LogP contribution >= 0.6 is 0 Å². The predicted octanol–water partition coefficient (Wildman–Crippen LogP) is 4.20. The van der Waals surface area contributed by atoms with Crippen molar-refractivity contribution in [1.82, 2.24) is 4.90 Å². The van der Waals surface area contributed by atoms with E-state index in [1.54, 1.807) is 0 Å². The number of anilines is 1. The van der Waals surface area contributed by atoms with Crippen LogP contribution in [-0.4, -0.2) is 36.4 Å². The van der Waals surface area contributed by atoms with Crippen LogP contribution in [0.2, 0.25) is 0 Å². The second-order valence-corrected chi connectivity index (χ2v) is 8.52. The molecule has 2 heterocycles. The van der Waals surface area contributed by atoms with Crippen molar-refractivity contribution in [3.05, 3.63) is 59.7 Å². The van der Waals surface area contributed by atoms with Crippen molar-refractivity contribution in [2.45, 2.75) is 39.0 Å². The number of carbonyl (C=O) groups is 2. The second kappa shape index (κ2) is 9.33. The number of ether oxygens (including phenoxy) is 1. The number of likely N-dealkylation sites (tertiary alicyclic amines) is 1. The van der Waals surface area contributed by atoms with Gasteiger partial charge in [0, 0.05) is 25.9 Å². The van der Waals surface area contributed by atoms with Gasteiger partial charge >= 0.3 is 0 Å². The molecule has 2 aromatic carbocycles. The first-order chi connectivity index (χ1) is 14.6. The van der Waals surface area contributed by atoms with Crippen LogP contribution < -0.4 is 10.1 Å². The third-order valence-electron chi connectivity index (χ3n) is 6.32. The molecular formula is C25H30N2O3. The van der Waals surface area contributed by atoms with E-state index >= 15 is 0 Å². The lowest BCUT2D eigenvalue weighted by atomic mass is 9.81. The summed E-state index contributed by atoms with van der Waals surface area (Å²) >= 11 is 0. The monoisotopic (exact) mass is 406 g/mol. The molecule has 0 saturated carbocycles. The normalized spacial score (nSPS) is 21.6. The van der Waals surface area contributed by atoms with Crippen molar-refractivity contribution in [3.8, 4) is 5.75 Å². The van der Waals surface area contributed by atoms with E-state index in [1.807, 2.05) is 48.2 Å². The third kappa shape index (κ3) is 5.02. The molecule has 0 radical (unpaired) electrons. The molecule has 0 aromatic heterocycles. The maximum absolute atomic E-state index is 12.8. The first-order valence-corrected chi connectivity index (χ1v) is 10.9. The number of hydrogen-bond acceptors (Lipinski definition) is 3. The molecule has 158 valence electrons. The number of nitrogens with one attached hydrogen (secondary N) is 1. The Morgan fingerprint density at radius 1 is 1.13 bits per heavy atom. The Labute approximate surface area is 178 Å². The zero-order valence-corrected chi connectivity index (χ0v) is 17.6. The topological polar surface area (TPSA) is 58.6 Å².